The van der Waals surface area contributed by atoms with Crippen molar-refractivity contribution in [3.63, 3.8) is 0 Å². The van der Waals surface area contributed by atoms with Crippen LogP contribution in [0.15, 0.2) is 41.4 Å². The van der Waals surface area contributed by atoms with Crippen molar-refractivity contribution in [1.82, 2.24) is 25.1 Å². The zero-order valence-electron chi connectivity index (χ0n) is 13.9. The number of fused-ring (bicyclic) bond motifs is 1. The van der Waals surface area contributed by atoms with Crippen LogP contribution >= 0.6 is 11.3 Å². The van der Waals surface area contributed by atoms with Gasteiger partial charge in [0.15, 0.2) is 0 Å². The number of nitrogens with zero attached hydrogens (tertiary/aromatic N) is 6. The molecule has 126 valence electrons. The smallest absolute Gasteiger partial charge is 0.246 e. The van der Waals surface area contributed by atoms with E-state index in [-0.39, 0.29) is 0 Å². The number of anilines is 1. The van der Waals surface area contributed by atoms with E-state index < -0.39 is 0 Å². The average molecular weight is 352 g/mol. The van der Waals surface area contributed by atoms with Gasteiger partial charge in [0.1, 0.15) is 17.0 Å². The molecule has 4 aromatic rings. The first kappa shape index (κ1) is 15.6. The summed E-state index contributed by atoms with van der Waals surface area (Å²) in [6.45, 7) is 2.61. The zero-order chi connectivity index (χ0) is 17.2. The monoisotopic (exact) mass is 352 g/mol. The summed E-state index contributed by atoms with van der Waals surface area (Å²) < 4.78 is 5.38. The second kappa shape index (κ2) is 6.56. The van der Waals surface area contributed by atoms with E-state index >= 15 is 0 Å². The van der Waals surface area contributed by atoms with Gasteiger partial charge in [-0.2, -0.15) is 4.98 Å². The average Bonchev–Trinajstić information content (AvgIpc) is 3.28. The van der Waals surface area contributed by atoms with Gasteiger partial charge < -0.3 is 9.42 Å². The van der Waals surface area contributed by atoms with Gasteiger partial charge in [-0.1, -0.05) is 12.1 Å². The Morgan fingerprint density at radius 2 is 2.20 bits per heavy atom. The first-order valence-corrected chi connectivity index (χ1v) is 8.73. The van der Waals surface area contributed by atoms with Crippen molar-refractivity contribution >= 4 is 27.4 Å². The molecule has 4 heterocycles. The van der Waals surface area contributed by atoms with E-state index in [2.05, 4.69) is 38.1 Å². The number of hydrogen-bond donors (Lipinski definition) is 0. The van der Waals surface area contributed by atoms with E-state index in [0.717, 1.165) is 28.0 Å². The van der Waals surface area contributed by atoms with Crippen LogP contribution in [0.4, 0.5) is 5.82 Å². The molecule has 0 radical (unpaired) electrons. The van der Waals surface area contributed by atoms with Gasteiger partial charge in [0, 0.05) is 29.9 Å². The fourth-order valence-corrected chi connectivity index (χ4v) is 3.51. The molecule has 8 heteroatoms. The van der Waals surface area contributed by atoms with Gasteiger partial charge in [0.2, 0.25) is 11.7 Å². The Hall–Kier alpha value is -2.87. The van der Waals surface area contributed by atoms with Gasteiger partial charge in [0.05, 0.1) is 11.9 Å². The molecule has 0 aliphatic carbocycles. The molecule has 0 aliphatic rings. The molecule has 0 N–H and O–H groups in total. The summed E-state index contributed by atoms with van der Waals surface area (Å²) in [5, 5.41) is 5.08. The van der Waals surface area contributed by atoms with Crippen molar-refractivity contribution in [1.29, 1.82) is 0 Å². The van der Waals surface area contributed by atoms with Crippen LogP contribution in [0.3, 0.4) is 0 Å². The maximum Gasteiger partial charge on any atom is 0.246 e. The van der Waals surface area contributed by atoms with Crippen molar-refractivity contribution < 1.29 is 4.52 Å². The van der Waals surface area contributed by atoms with E-state index in [1.54, 1.807) is 30.1 Å². The van der Waals surface area contributed by atoms with Crippen LogP contribution in [0.5, 0.6) is 0 Å². The predicted molar refractivity (Wildman–Crippen MR) is 96.4 cm³/mol. The Morgan fingerprint density at radius 1 is 1.28 bits per heavy atom. The summed E-state index contributed by atoms with van der Waals surface area (Å²) >= 11 is 1.70. The Bertz CT molecular complexity index is 997. The van der Waals surface area contributed by atoms with Crippen LogP contribution in [-0.4, -0.2) is 32.1 Å². The number of rotatable bonds is 5. The normalized spacial score (nSPS) is 11.1. The molecule has 7 nitrogen and oxygen atoms in total. The van der Waals surface area contributed by atoms with E-state index in [1.165, 1.54) is 4.88 Å². The molecule has 0 spiro atoms. The Balaban J connectivity index is 1.59. The molecule has 4 aromatic heterocycles. The van der Waals surface area contributed by atoms with Crippen molar-refractivity contribution in [3.05, 3.63) is 47.7 Å². The molecule has 0 amide bonds. The number of pyridine rings is 1. The summed E-state index contributed by atoms with van der Waals surface area (Å²) in [6, 6.07) is 5.90. The lowest BCUT2D eigenvalue weighted by atomic mass is 10.3. The molecule has 0 fully saturated rings. The number of hydrogen-bond acceptors (Lipinski definition) is 8. The molecule has 0 saturated carbocycles. The zero-order valence-corrected chi connectivity index (χ0v) is 14.7. The second-order valence-electron chi connectivity index (χ2n) is 5.59. The Labute approximate surface area is 148 Å². The minimum Gasteiger partial charge on any atom is -0.350 e. The molecule has 0 aromatic carbocycles. The van der Waals surface area contributed by atoms with Crippen LogP contribution in [0.1, 0.15) is 17.7 Å². The van der Waals surface area contributed by atoms with Crippen LogP contribution in [0.25, 0.3) is 21.6 Å². The first-order valence-electron chi connectivity index (χ1n) is 7.92. The second-order valence-corrected chi connectivity index (χ2v) is 6.71. The summed E-state index contributed by atoms with van der Waals surface area (Å²) in [7, 11) is 1.96. The molecular formula is C17H16N6OS. The van der Waals surface area contributed by atoms with Gasteiger partial charge in [0.25, 0.3) is 0 Å². The Kier molecular flexibility index (Phi) is 4.10. The highest BCUT2D eigenvalue weighted by Crippen LogP contribution is 2.30. The highest BCUT2D eigenvalue weighted by Gasteiger charge is 2.15. The van der Waals surface area contributed by atoms with Crippen LogP contribution in [0, 0.1) is 0 Å². The highest BCUT2D eigenvalue weighted by atomic mass is 32.1. The summed E-state index contributed by atoms with van der Waals surface area (Å²) in [4.78, 5) is 21.6. The van der Waals surface area contributed by atoms with Crippen LogP contribution in [0.2, 0.25) is 0 Å². The lowest BCUT2D eigenvalue weighted by Gasteiger charge is -2.16. The summed E-state index contributed by atoms with van der Waals surface area (Å²) in [5.41, 5.74) is 0.829. The number of aryl methyl sites for hydroxylation is 1. The third-order valence-corrected chi connectivity index (χ3v) is 5.02. The molecule has 0 bridgehead atoms. The molecule has 0 atom stereocenters. The van der Waals surface area contributed by atoms with Crippen molar-refractivity contribution in [2.24, 2.45) is 0 Å². The maximum atomic E-state index is 5.38. The molecule has 25 heavy (non-hydrogen) atoms. The quantitative estimate of drug-likeness (QED) is 0.545. The molecular weight excluding hydrogens is 336 g/mol. The third kappa shape index (κ3) is 3.08. The fourth-order valence-electron chi connectivity index (χ4n) is 2.58. The van der Waals surface area contributed by atoms with Crippen molar-refractivity contribution in [3.8, 4) is 11.4 Å². The topological polar surface area (TPSA) is 80.8 Å². The third-order valence-electron chi connectivity index (χ3n) is 3.83. The molecule has 0 aliphatic heterocycles. The first-order chi connectivity index (χ1) is 12.2. The standard InChI is InChI=1S/C17H16N6OS/c1-3-12-7-13-16(19-10-20-17(13)25-12)23(2)9-14-21-15(22-24-14)11-5-4-6-18-8-11/h4-8,10H,3,9H2,1-2H3. The predicted octanol–water partition coefficient (Wildman–Crippen LogP) is 3.34. The summed E-state index contributed by atoms with van der Waals surface area (Å²) in [6.07, 6.45) is 6.01. The van der Waals surface area contributed by atoms with E-state index in [4.69, 9.17) is 4.52 Å². The number of aromatic nitrogens is 5. The van der Waals surface area contributed by atoms with Crippen molar-refractivity contribution in [2.45, 2.75) is 19.9 Å². The molecule has 0 unspecified atom stereocenters. The molecule has 0 saturated heterocycles. The number of thiophene rings is 1. The van der Waals surface area contributed by atoms with Gasteiger partial charge >= 0.3 is 0 Å². The SMILES string of the molecule is CCc1cc2c(N(C)Cc3nc(-c4cccnc4)no3)ncnc2s1. The van der Waals surface area contributed by atoms with Crippen LogP contribution < -0.4 is 4.90 Å². The largest absolute Gasteiger partial charge is 0.350 e. The Morgan fingerprint density at radius 3 is 3.00 bits per heavy atom. The van der Waals surface area contributed by atoms with Crippen LogP contribution in [-0.2, 0) is 13.0 Å². The van der Waals surface area contributed by atoms with E-state index in [9.17, 15) is 0 Å². The minimum atomic E-state index is 0.469. The highest BCUT2D eigenvalue weighted by molar-refractivity contribution is 7.18. The van der Waals surface area contributed by atoms with Gasteiger partial charge in [-0.3, -0.25) is 4.98 Å². The van der Waals surface area contributed by atoms with Gasteiger partial charge in [-0.25, -0.2) is 9.97 Å². The summed E-state index contributed by atoms with van der Waals surface area (Å²) in [5.74, 6) is 1.93. The lowest BCUT2D eigenvalue weighted by Crippen LogP contribution is -2.18. The lowest BCUT2D eigenvalue weighted by molar-refractivity contribution is 0.378. The van der Waals surface area contributed by atoms with Gasteiger partial charge in [-0.15, -0.1) is 11.3 Å². The van der Waals surface area contributed by atoms with E-state index in [1.807, 2.05) is 24.1 Å². The van der Waals surface area contributed by atoms with Crippen molar-refractivity contribution in [2.75, 3.05) is 11.9 Å². The molecule has 4 rings (SSSR count). The maximum absolute atomic E-state index is 5.38. The van der Waals surface area contributed by atoms with E-state index in [0.29, 0.717) is 18.3 Å². The fraction of sp³-hybridized carbons (Fsp3) is 0.235. The van der Waals surface area contributed by atoms with Gasteiger partial charge in [-0.05, 0) is 24.6 Å². The minimum absolute atomic E-state index is 0.469.